The van der Waals surface area contributed by atoms with Crippen LogP contribution in [0.5, 0.6) is 0 Å². The van der Waals surface area contributed by atoms with Crippen LogP contribution in [0.2, 0.25) is 0 Å². The van der Waals surface area contributed by atoms with Gasteiger partial charge in [-0.2, -0.15) is 0 Å². The van der Waals surface area contributed by atoms with E-state index in [2.05, 4.69) is 10.6 Å². The van der Waals surface area contributed by atoms with Crippen LogP contribution >= 0.6 is 0 Å². The molecule has 2 aromatic carbocycles. The van der Waals surface area contributed by atoms with Crippen LogP contribution in [0.3, 0.4) is 0 Å². The van der Waals surface area contributed by atoms with Crippen molar-refractivity contribution in [1.29, 1.82) is 0 Å². The van der Waals surface area contributed by atoms with Gasteiger partial charge in [0.25, 0.3) is 0 Å². The predicted octanol–water partition coefficient (Wildman–Crippen LogP) is 4.48. The van der Waals surface area contributed by atoms with Crippen molar-refractivity contribution in [3.8, 4) is 0 Å². The molecule has 30 heavy (non-hydrogen) atoms. The molecule has 0 atom stereocenters. The van der Waals surface area contributed by atoms with Gasteiger partial charge in [0, 0.05) is 25.2 Å². The van der Waals surface area contributed by atoms with Crippen LogP contribution in [0.1, 0.15) is 36.8 Å². The summed E-state index contributed by atoms with van der Waals surface area (Å²) >= 11 is 0. The smallest absolute Gasteiger partial charge is 0.243 e. The quantitative estimate of drug-likeness (QED) is 0.422. The van der Waals surface area contributed by atoms with Gasteiger partial charge in [-0.05, 0) is 60.4 Å². The molecule has 0 aromatic heterocycles. The second-order valence-corrected chi connectivity index (χ2v) is 6.77. The Bertz CT molecular complexity index is 786. The molecule has 0 radical (unpaired) electrons. The normalized spacial score (nSPS) is 11.1. The lowest BCUT2D eigenvalue weighted by molar-refractivity contribution is -0.117. The Kier molecular flexibility index (Phi) is 10.00. The number of benzene rings is 2. The largest absolute Gasteiger partial charge is 0.353 e. The summed E-state index contributed by atoms with van der Waals surface area (Å²) in [6.45, 7) is 1.17. The van der Waals surface area contributed by atoms with Crippen molar-refractivity contribution >= 4 is 24.0 Å². The third-order valence-corrected chi connectivity index (χ3v) is 4.30. The van der Waals surface area contributed by atoms with E-state index in [0.717, 1.165) is 36.8 Å². The standard InChI is InChI=1S/C24H26F2N2O2/c25-21-11-5-19(6-12-21)9-15-23(29)27-17-3-1-2-4-18-28-24(30)16-10-20-7-13-22(26)14-8-20/h5-16H,1-4,17-18H2,(H,27,29)(H,28,30)/b15-9+,16-10+. The molecule has 0 heterocycles. The van der Waals surface area contributed by atoms with Gasteiger partial charge < -0.3 is 10.6 Å². The Labute approximate surface area is 175 Å². The average molecular weight is 412 g/mol. The summed E-state index contributed by atoms with van der Waals surface area (Å²) in [4.78, 5) is 23.5. The van der Waals surface area contributed by atoms with E-state index in [-0.39, 0.29) is 23.4 Å². The van der Waals surface area contributed by atoms with E-state index in [9.17, 15) is 18.4 Å². The summed E-state index contributed by atoms with van der Waals surface area (Å²) in [5.41, 5.74) is 1.53. The van der Waals surface area contributed by atoms with Crippen molar-refractivity contribution in [2.75, 3.05) is 13.1 Å². The molecular formula is C24H26F2N2O2. The third kappa shape index (κ3) is 9.78. The number of nitrogens with one attached hydrogen (secondary N) is 2. The minimum Gasteiger partial charge on any atom is -0.353 e. The van der Waals surface area contributed by atoms with Gasteiger partial charge in [-0.3, -0.25) is 9.59 Å². The molecule has 6 heteroatoms. The van der Waals surface area contributed by atoms with Gasteiger partial charge in [0.05, 0.1) is 0 Å². The van der Waals surface area contributed by atoms with E-state index in [0.29, 0.717) is 13.1 Å². The molecular weight excluding hydrogens is 386 g/mol. The van der Waals surface area contributed by atoms with E-state index < -0.39 is 0 Å². The maximum absolute atomic E-state index is 12.8. The summed E-state index contributed by atoms with van der Waals surface area (Å²) in [5.74, 6) is -0.977. The first-order chi connectivity index (χ1) is 14.5. The number of carbonyl (C=O) groups excluding carboxylic acids is 2. The zero-order valence-electron chi connectivity index (χ0n) is 16.7. The second-order valence-electron chi connectivity index (χ2n) is 6.77. The first-order valence-corrected chi connectivity index (χ1v) is 9.96. The van der Waals surface area contributed by atoms with Crippen molar-refractivity contribution in [3.63, 3.8) is 0 Å². The van der Waals surface area contributed by atoms with Gasteiger partial charge in [-0.15, -0.1) is 0 Å². The number of halogens is 2. The molecule has 158 valence electrons. The van der Waals surface area contributed by atoms with Gasteiger partial charge in [-0.1, -0.05) is 37.1 Å². The monoisotopic (exact) mass is 412 g/mol. The number of hydrogen-bond donors (Lipinski definition) is 2. The van der Waals surface area contributed by atoms with Crippen molar-refractivity contribution in [2.24, 2.45) is 0 Å². The Morgan fingerprint density at radius 3 is 1.37 bits per heavy atom. The molecule has 0 aliphatic carbocycles. The van der Waals surface area contributed by atoms with Crippen molar-refractivity contribution < 1.29 is 18.4 Å². The fourth-order valence-corrected chi connectivity index (χ4v) is 2.64. The van der Waals surface area contributed by atoms with E-state index >= 15 is 0 Å². The summed E-state index contributed by atoms with van der Waals surface area (Å²) in [6.07, 6.45) is 9.75. The van der Waals surface area contributed by atoms with Gasteiger partial charge >= 0.3 is 0 Å². The molecule has 0 bridgehead atoms. The maximum Gasteiger partial charge on any atom is 0.243 e. The van der Waals surface area contributed by atoms with Crippen LogP contribution in [-0.4, -0.2) is 24.9 Å². The fraction of sp³-hybridized carbons (Fsp3) is 0.250. The predicted molar refractivity (Wildman–Crippen MR) is 115 cm³/mol. The first-order valence-electron chi connectivity index (χ1n) is 9.96. The lowest BCUT2D eigenvalue weighted by atomic mass is 10.2. The lowest BCUT2D eigenvalue weighted by Gasteiger charge is -2.04. The minimum absolute atomic E-state index is 0.181. The Hall–Kier alpha value is -3.28. The zero-order chi connectivity index (χ0) is 21.6. The number of rotatable bonds is 11. The van der Waals surface area contributed by atoms with Crippen molar-refractivity contribution in [2.45, 2.75) is 25.7 Å². The Balaban J connectivity index is 1.48. The van der Waals surface area contributed by atoms with Gasteiger partial charge in [-0.25, -0.2) is 8.78 Å². The van der Waals surface area contributed by atoms with Crippen LogP contribution in [-0.2, 0) is 9.59 Å². The minimum atomic E-state index is -0.308. The Morgan fingerprint density at radius 1 is 0.633 bits per heavy atom. The third-order valence-electron chi connectivity index (χ3n) is 4.30. The molecule has 0 aliphatic heterocycles. The molecule has 2 aromatic rings. The molecule has 0 aliphatic rings. The van der Waals surface area contributed by atoms with Crippen LogP contribution in [0.25, 0.3) is 12.2 Å². The zero-order valence-corrected chi connectivity index (χ0v) is 16.7. The van der Waals surface area contributed by atoms with Gasteiger partial charge in [0.1, 0.15) is 11.6 Å². The van der Waals surface area contributed by atoms with Crippen LogP contribution in [0, 0.1) is 11.6 Å². The van der Waals surface area contributed by atoms with Gasteiger partial charge in [0.2, 0.25) is 11.8 Å². The van der Waals surface area contributed by atoms with E-state index in [1.165, 1.54) is 36.4 Å². The van der Waals surface area contributed by atoms with E-state index in [4.69, 9.17) is 0 Å². The van der Waals surface area contributed by atoms with Crippen LogP contribution in [0.15, 0.2) is 60.7 Å². The second kappa shape index (κ2) is 13.0. The number of unbranched alkanes of at least 4 members (excludes halogenated alkanes) is 3. The van der Waals surface area contributed by atoms with Gasteiger partial charge in [0.15, 0.2) is 0 Å². The summed E-state index contributed by atoms with van der Waals surface area (Å²) in [5, 5.41) is 5.61. The molecule has 0 saturated carbocycles. The highest BCUT2D eigenvalue weighted by atomic mass is 19.1. The highest BCUT2D eigenvalue weighted by Crippen LogP contribution is 2.05. The molecule has 2 N–H and O–H groups in total. The fourth-order valence-electron chi connectivity index (χ4n) is 2.64. The van der Waals surface area contributed by atoms with E-state index in [1.54, 1.807) is 36.4 Å². The lowest BCUT2D eigenvalue weighted by Crippen LogP contribution is -2.23. The summed E-state index contributed by atoms with van der Waals surface area (Å²) < 4.78 is 25.6. The average Bonchev–Trinajstić information content (AvgIpc) is 2.74. The highest BCUT2D eigenvalue weighted by Gasteiger charge is 1.98. The number of hydrogen-bond acceptors (Lipinski definition) is 2. The molecule has 0 unspecified atom stereocenters. The Morgan fingerprint density at radius 2 is 1.00 bits per heavy atom. The van der Waals surface area contributed by atoms with Crippen LogP contribution in [0.4, 0.5) is 8.78 Å². The number of carbonyl (C=O) groups is 2. The first kappa shape index (κ1) is 23.0. The van der Waals surface area contributed by atoms with Crippen molar-refractivity contribution in [3.05, 3.63) is 83.4 Å². The molecule has 0 saturated heterocycles. The summed E-state index contributed by atoms with van der Waals surface area (Å²) in [6, 6.07) is 11.8. The molecule has 0 fully saturated rings. The molecule has 2 rings (SSSR count). The van der Waals surface area contributed by atoms with E-state index in [1.807, 2.05) is 0 Å². The molecule has 4 nitrogen and oxygen atoms in total. The van der Waals surface area contributed by atoms with Crippen LogP contribution < -0.4 is 10.6 Å². The molecule has 0 spiro atoms. The van der Waals surface area contributed by atoms with Crippen molar-refractivity contribution in [1.82, 2.24) is 10.6 Å². The topological polar surface area (TPSA) is 58.2 Å². The highest BCUT2D eigenvalue weighted by molar-refractivity contribution is 5.92. The number of amides is 2. The maximum atomic E-state index is 12.8. The molecule has 2 amide bonds. The SMILES string of the molecule is O=C(/C=C/c1ccc(F)cc1)NCCCCCCNC(=O)/C=C/c1ccc(F)cc1. The summed E-state index contributed by atoms with van der Waals surface area (Å²) in [7, 11) is 0.